The number of benzene rings is 1. The second-order valence-corrected chi connectivity index (χ2v) is 5.85. The summed E-state index contributed by atoms with van der Waals surface area (Å²) in [7, 11) is 1.89. The summed E-state index contributed by atoms with van der Waals surface area (Å²) in [5.41, 5.74) is 1.02. The summed E-state index contributed by atoms with van der Waals surface area (Å²) in [6, 6.07) is 6.57. The maximum absolute atomic E-state index is 13.1. The first-order valence-corrected chi connectivity index (χ1v) is 7.90. The molecule has 4 heteroatoms. The van der Waals surface area contributed by atoms with E-state index in [1.54, 1.807) is 12.1 Å². The molecule has 116 valence electrons. The summed E-state index contributed by atoms with van der Waals surface area (Å²) in [5.74, 6) is 0.333. The van der Waals surface area contributed by atoms with Crippen LogP contribution in [0.3, 0.4) is 0 Å². The number of carbonyl (C=O) groups excluding carboxylic acids is 1. The highest BCUT2D eigenvalue weighted by Crippen LogP contribution is 2.35. The fourth-order valence-electron chi connectivity index (χ4n) is 3.11. The Morgan fingerprint density at radius 1 is 1.29 bits per heavy atom. The molecular formula is C17H25FN2O. The van der Waals surface area contributed by atoms with Crippen molar-refractivity contribution in [2.24, 2.45) is 5.92 Å². The van der Waals surface area contributed by atoms with E-state index in [9.17, 15) is 9.18 Å². The normalized spacial score (nSPS) is 16.9. The lowest BCUT2D eigenvalue weighted by atomic mass is 9.91. The van der Waals surface area contributed by atoms with Gasteiger partial charge in [-0.25, -0.2) is 4.39 Å². The molecule has 1 atom stereocenters. The maximum Gasteiger partial charge on any atom is 0.220 e. The SMILES string of the molecule is CNCCCC(=O)NC(c1ccc(F)cc1)C1CCCC1. The third-order valence-corrected chi connectivity index (χ3v) is 4.25. The molecule has 1 fully saturated rings. The molecule has 1 amide bonds. The standard InChI is InChI=1S/C17H25FN2O/c1-19-12-4-7-16(21)20-17(13-5-2-3-6-13)14-8-10-15(18)11-9-14/h8-11,13,17,19H,2-7,12H2,1H3,(H,20,21). The number of nitrogens with one attached hydrogen (secondary N) is 2. The summed E-state index contributed by atoms with van der Waals surface area (Å²) in [5, 5.41) is 6.21. The third-order valence-electron chi connectivity index (χ3n) is 4.25. The summed E-state index contributed by atoms with van der Waals surface area (Å²) in [6.45, 7) is 0.845. The van der Waals surface area contributed by atoms with Gasteiger partial charge in [0.2, 0.25) is 5.91 Å². The van der Waals surface area contributed by atoms with Gasteiger partial charge in [-0.3, -0.25) is 4.79 Å². The van der Waals surface area contributed by atoms with E-state index in [1.807, 2.05) is 7.05 Å². The number of rotatable bonds is 7. The van der Waals surface area contributed by atoms with Gasteiger partial charge < -0.3 is 10.6 Å². The van der Waals surface area contributed by atoms with Gasteiger partial charge in [-0.05, 0) is 56.5 Å². The van der Waals surface area contributed by atoms with Crippen LogP contribution in [0.4, 0.5) is 4.39 Å². The molecule has 2 N–H and O–H groups in total. The molecule has 3 nitrogen and oxygen atoms in total. The molecule has 0 heterocycles. The van der Waals surface area contributed by atoms with Gasteiger partial charge in [0.25, 0.3) is 0 Å². The van der Waals surface area contributed by atoms with Crippen molar-refractivity contribution in [1.82, 2.24) is 10.6 Å². The van der Waals surface area contributed by atoms with E-state index < -0.39 is 0 Å². The molecule has 1 saturated carbocycles. The van der Waals surface area contributed by atoms with E-state index in [2.05, 4.69) is 10.6 Å². The van der Waals surface area contributed by atoms with E-state index in [0.29, 0.717) is 12.3 Å². The third kappa shape index (κ3) is 4.81. The number of carbonyl (C=O) groups is 1. The van der Waals surface area contributed by atoms with Gasteiger partial charge in [-0.15, -0.1) is 0 Å². The van der Waals surface area contributed by atoms with Gasteiger partial charge in [0, 0.05) is 6.42 Å². The minimum absolute atomic E-state index is 0.0233. The van der Waals surface area contributed by atoms with Gasteiger partial charge in [0.15, 0.2) is 0 Å². The van der Waals surface area contributed by atoms with Crippen LogP contribution in [-0.4, -0.2) is 19.5 Å². The highest BCUT2D eigenvalue weighted by Gasteiger charge is 2.27. The Bertz CT molecular complexity index is 441. The van der Waals surface area contributed by atoms with Crippen LogP contribution in [-0.2, 0) is 4.79 Å². The summed E-state index contributed by atoms with van der Waals surface area (Å²) in [6.07, 6.45) is 6.09. The molecule has 21 heavy (non-hydrogen) atoms. The van der Waals surface area contributed by atoms with Crippen molar-refractivity contribution in [3.63, 3.8) is 0 Å². The lowest BCUT2D eigenvalue weighted by Gasteiger charge is -2.25. The molecule has 1 aliphatic carbocycles. The molecule has 0 aromatic heterocycles. The lowest BCUT2D eigenvalue weighted by Crippen LogP contribution is -2.33. The Balaban J connectivity index is 2.01. The fraction of sp³-hybridized carbons (Fsp3) is 0.588. The van der Waals surface area contributed by atoms with Crippen LogP contribution in [0.25, 0.3) is 0 Å². The monoisotopic (exact) mass is 292 g/mol. The number of hydrogen-bond acceptors (Lipinski definition) is 2. The van der Waals surface area contributed by atoms with Gasteiger partial charge >= 0.3 is 0 Å². The zero-order valence-corrected chi connectivity index (χ0v) is 12.7. The van der Waals surface area contributed by atoms with Crippen molar-refractivity contribution in [1.29, 1.82) is 0 Å². The zero-order valence-electron chi connectivity index (χ0n) is 12.7. The van der Waals surface area contributed by atoms with Gasteiger partial charge in [-0.1, -0.05) is 25.0 Å². The molecule has 0 bridgehead atoms. The topological polar surface area (TPSA) is 41.1 Å². The van der Waals surface area contributed by atoms with Crippen LogP contribution in [0.2, 0.25) is 0 Å². The van der Waals surface area contributed by atoms with Crippen molar-refractivity contribution >= 4 is 5.91 Å². The summed E-state index contributed by atoms with van der Waals surface area (Å²) in [4.78, 5) is 12.1. The Kier molecular flexibility index (Phi) is 6.18. The minimum Gasteiger partial charge on any atom is -0.349 e. The molecular weight excluding hydrogens is 267 g/mol. The van der Waals surface area contributed by atoms with Crippen LogP contribution in [0.15, 0.2) is 24.3 Å². The molecule has 1 aromatic rings. The molecule has 1 aliphatic rings. The molecule has 0 saturated heterocycles. The molecule has 0 radical (unpaired) electrons. The van der Waals surface area contributed by atoms with Gasteiger partial charge in [0.05, 0.1) is 6.04 Å². The molecule has 1 unspecified atom stereocenters. The van der Waals surface area contributed by atoms with E-state index in [1.165, 1.54) is 25.0 Å². The second kappa shape index (κ2) is 8.13. The second-order valence-electron chi connectivity index (χ2n) is 5.85. The van der Waals surface area contributed by atoms with Crippen molar-refractivity contribution in [2.75, 3.05) is 13.6 Å². The number of hydrogen-bond donors (Lipinski definition) is 2. The average Bonchev–Trinajstić information content (AvgIpc) is 3.00. The van der Waals surface area contributed by atoms with Crippen LogP contribution < -0.4 is 10.6 Å². The van der Waals surface area contributed by atoms with Crippen molar-refractivity contribution in [3.05, 3.63) is 35.6 Å². The quantitative estimate of drug-likeness (QED) is 0.758. The highest BCUT2D eigenvalue weighted by atomic mass is 19.1. The first-order valence-electron chi connectivity index (χ1n) is 7.90. The Labute approximate surface area is 126 Å². The Morgan fingerprint density at radius 3 is 2.57 bits per heavy atom. The Hall–Kier alpha value is -1.42. The first kappa shape index (κ1) is 16.0. The predicted molar refractivity (Wildman–Crippen MR) is 82.4 cm³/mol. The maximum atomic E-state index is 13.1. The highest BCUT2D eigenvalue weighted by molar-refractivity contribution is 5.76. The molecule has 1 aromatic carbocycles. The molecule has 0 aliphatic heterocycles. The molecule has 2 rings (SSSR count). The first-order chi connectivity index (χ1) is 10.2. The number of halogens is 1. The fourth-order valence-corrected chi connectivity index (χ4v) is 3.11. The van der Waals surface area contributed by atoms with E-state index in [0.717, 1.165) is 31.4 Å². The van der Waals surface area contributed by atoms with Crippen LogP contribution >= 0.6 is 0 Å². The van der Waals surface area contributed by atoms with Crippen molar-refractivity contribution in [2.45, 2.75) is 44.6 Å². The largest absolute Gasteiger partial charge is 0.349 e. The lowest BCUT2D eigenvalue weighted by molar-refractivity contribution is -0.122. The van der Waals surface area contributed by atoms with Crippen LogP contribution in [0.1, 0.15) is 50.1 Å². The van der Waals surface area contributed by atoms with Crippen molar-refractivity contribution < 1.29 is 9.18 Å². The smallest absolute Gasteiger partial charge is 0.220 e. The van der Waals surface area contributed by atoms with E-state index in [-0.39, 0.29) is 17.8 Å². The predicted octanol–water partition coefficient (Wildman–Crippen LogP) is 3.17. The Morgan fingerprint density at radius 2 is 1.95 bits per heavy atom. The minimum atomic E-state index is -0.232. The van der Waals surface area contributed by atoms with E-state index in [4.69, 9.17) is 0 Å². The number of amides is 1. The van der Waals surface area contributed by atoms with Crippen LogP contribution in [0.5, 0.6) is 0 Å². The summed E-state index contributed by atoms with van der Waals surface area (Å²) < 4.78 is 13.1. The average molecular weight is 292 g/mol. The molecule has 0 spiro atoms. The van der Waals surface area contributed by atoms with Crippen molar-refractivity contribution in [3.8, 4) is 0 Å². The van der Waals surface area contributed by atoms with E-state index >= 15 is 0 Å². The summed E-state index contributed by atoms with van der Waals surface area (Å²) >= 11 is 0. The van der Waals surface area contributed by atoms with Gasteiger partial charge in [-0.2, -0.15) is 0 Å². The zero-order chi connectivity index (χ0) is 15.1. The van der Waals surface area contributed by atoms with Gasteiger partial charge in [0.1, 0.15) is 5.82 Å². The van der Waals surface area contributed by atoms with Crippen LogP contribution in [0, 0.1) is 11.7 Å².